The maximum absolute atomic E-state index is 12.8. The van der Waals surface area contributed by atoms with Gasteiger partial charge in [0, 0.05) is 5.56 Å². The molecule has 1 heterocycles. The molecule has 3 heteroatoms. The fraction of sp³-hybridized carbons (Fsp3) is 0.188. The summed E-state index contributed by atoms with van der Waals surface area (Å²) in [6.45, 7) is 0. The van der Waals surface area contributed by atoms with Crippen LogP contribution in [0, 0.1) is 0 Å². The predicted molar refractivity (Wildman–Crippen MR) is 73.2 cm³/mol. The zero-order valence-corrected chi connectivity index (χ0v) is 11.0. The van der Waals surface area contributed by atoms with Crippen molar-refractivity contribution in [1.29, 1.82) is 0 Å². The molecule has 0 unspecified atom stereocenters. The van der Waals surface area contributed by atoms with E-state index in [4.69, 9.17) is 4.74 Å². The topological polar surface area (TPSA) is 29.5 Å². The van der Waals surface area contributed by atoms with Gasteiger partial charge in [0.2, 0.25) is 5.78 Å². The molecule has 0 saturated carbocycles. The predicted octanol–water partition coefficient (Wildman–Crippen LogP) is 2.68. The maximum atomic E-state index is 12.8. The molecule has 0 fully saturated rings. The Morgan fingerprint density at radius 1 is 0.947 bits per heavy atom. The number of Topliss-reactive ketones (excluding diaryl/α,β-unsaturated/α-hetero) is 1. The van der Waals surface area contributed by atoms with Crippen LogP contribution in [-0.2, 0) is 5.72 Å². The molecule has 0 aliphatic carbocycles. The first-order valence-electron chi connectivity index (χ1n) is 6.22. The number of rotatable bonds is 2. The third kappa shape index (κ3) is 1.59. The monoisotopic (exact) mass is 253 g/mol. The van der Waals surface area contributed by atoms with Crippen molar-refractivity contribution in [3.05, 3.63) is 65.7 Å². The summed E-state index contributed by atoms with van der Waals surface area (Å²) >= 11 is 0. The minimum atomic E-state index is -1.05. The summed E-state index contributed by atoms with van der Waals surface area (Å²) in [5.41, 5.74) is 0.437. The zero-order chi connectivity index (χ0) is 13.5. The van der Waals surface area contributed by atoms with E-state index in [1.165, 1.54) is 0 Å². The van der Waals surface area contributed by atoms with E-state index in [0.717, 1.165) is 5.56 Å². The molecule has 0 spiro atoms. The maximum Gasteiger partial charge on any atom is 0.253 e. The van der Waals surface area contributed by atoms with Gasteiger partial charge < -0.3 is 4.74 Å². The van der Waals surface area contributed by atoms with Crippen molar-refractivity contribution >= 4 is 5.78 Å². The van der Waals surface area contributed by atoms with Gasteiger partial charge in [0.05, 0.1) is 5.56 Å². The lowest BCUT2D eigenvalue weighted by Gasteiger charge is -2.34. The van der Waals surface area contributed by atoms with E-state index in [-0.39, 0.29) is 5.78 Å². The summed E-state index contributed by atoms with van der Waals surface area (Å²) in [7, 11) is 3.72. The van der Waals surface area contributed by atoms with Gasteiger partial charge in [-0.2, -0.15) is 0 Å². The number of ketones is 1. The van der Waals surface area contributed by atoms with Crippen molar-refractivity contribution in [1.82, 2.24) is 4.90 Å². The van der Waals surface area contributed by atoms with Crippen molar-refractivity contribution < 1.29 is 9.53 Å². The first-order valence-corrected chi connectivity index (χ1v) is 6.22. The fourth-order valence-electron chi connectivity index (χ4n) is 2.54. The van der Waals surface area contributed by atoms with Crippen LogP contribution in [-0.4, -0.2) is 24.8 Å². The largest absolute Gasteiger partial charge is 0.460 e. The van der Waals surface area contributed by atoms with Crippen LogP contribution in [0.3, 0.4) is 0 Å². The van der Waals surface area contributed by atoms with Gasteiger partial charge in [-0.3, -0.25) is 9.69 Å². The van der Waals surface area contributed by atoms with Crippen LogP contribution < -0.4 is 4.74 Å². The van der Waals surface area contributed by atoms with E-state index in [0.29, 0.717) is 11.3 Å². The number of ether oxygens (including phenoxy) is 1. The lowest BCUT2D eigenvalue weighted by molar-refractivity contribution is -0.0244. The van der Waals surface area contributed by atoms with E-state index >= 15 is 0 Å². The highest BCUT2D eigenvalue weighted by Gasteiger charge is 2.51. The van der Waals surface area contributed by atoms with Crippen molar-refractivity contribution in [2.75, 3.05) is 14.1 Å². The van der Waals surface area contributed by atoms with Gasteiger partial charge in [0.25, 0.3) is 5.72 Å². The number of carbonyl (C=O) groups is 1. The molecule has 0 radical (unpaired) electrons. The highest BCUT2D eigenvalue weighted by molar-refractivity contribution is 6.07. The van der Waals surface area contributed by atoms with Crippen molar-refractivity contribution in [2.24, 2.45) is 0 Å². The number of fused-ring (bicyclic) bond motifs is 1. The smallest absolute Gasteiger partial charge is 0.253 e. The second-order valence-electron chi connectivity index (χ2n) is 4.83. The molecule has 96 valence electrons. The van der Waals surface area contributed by atoms with Crippen LogP contribution >= 0.6 is 0 Å². The first-order chi connectivity index (χ1) is 9.16. The Morgan fingerprint density at radius 2 is 1.58 bits per heavy atom. The van der Waals surface area contributed by atoms with Crippen molar-refractivity contribution in [2.45, 2.75) is 5.72 Å². The average Bonchev–Trinajstić information content (AvgIpc) is 2.75. The molecule has 1 atom stereocenters. The Bertz CT molecular complexity index is 622. The summed E-state index contributed by atoms with van der Waals surface area (Å²) < 4.78 is 6.03. The summed E-state index contributed by atoms with van der Waals surface area (Å²) in [5, 5.41) is 0. The van der Waals surface area contributed by atoms with E-state index in [1.807, 2.05) is 73.6 Å². The Balaban J connectivity index is 2.19. The summed E-state index contributed by atoms with van der Waals surface area (Å²) in [4.78, 5) is 14.6. The van der Waals surface area contributed by atoms with Crippen molar-refractivity contribution in [3.63, 3.8) is 0 Å². The lowest BCUT2D eigenvalue weighted by Crippen LogP contribution is -2.49. The Morgan fingerprint density at radius 3 is 2.21 bits per heavy atom. The molecule has 2 aromatic carbocycles. The Hall–Kier alpha value is -2.13. The molecule has 3 rings (SSSR count). The Kier molecular flexibility index (Phi) is 2.64. The molecule has 0 N–H and O–H groups in total. The van der Waals surface area contributed by atoms with Gasteiger partial charge in [-0.25, -0.2) is 0 Å². The SMILES string of the molecule is CN(C)[C@]1(c2ccccc2)Oc2ccccc2C1=O. The number of hydrogen-bond donors (Lipinski definition) is 0. The van der Waals surface area contributed by atoms with Gasteiger partial charge >= 0.3 is 0 Å². The molecule has 3 nitrogen and oxygen atoms in total. The highest BCUT2D eigenvalue weighted by atomic mass is 16.5. The number of carbonyl (C=O) groups excluding carboxylic acids is 1. The van der Waals surface area contributed by atoms with Crippen LogP contribution in [0.25, 0.3) is 0 Å². The highest BCUT2D eigenvalue weighted by Crippen LogP contribution is 2.42. The molecule has 0 bridgehead atoms. The van der Waals surface area contributed by atoms with E-state index in [9.17, 15) is 4.79 Å². The van der Waals surface area contributed by atoms with Crippen molar-refractivity contribution in [3.8, 4) is 5.75 Å². The number of nitrogens with zero attached hydrogens (tertiary/aromatic N) is 1. The summed E-state index contributed by atoms with van der Waals surface area (Å²) in [5.74, 6) is 0.629. The quantitative estimate of drug-likeness (QED) is 0.824. The fourth-order valence-corrected chi connectivity index (χ4v) is 2.54. The molecule has 1 aliphatic heterocycles. The minimum Gasteiger partial charge on any atom is -0.460 e. The second kappa shape index (κ2) is 4.21. The van der Waals surface area contributed by atoms with E-state index < -0.39 is 5.72 Å². The third-order valence-corrected chi connectivity index (χ3v) is 3.49. The normalized spacial score (nSPS) is 21.3. The molecule has 19 heavy (non-hydrogen) atoms. The first kappa shape index (κ1) is 11.9. The molecule has 0 aromatic heterocycles. The second-order valence-corrected chi connectivity index (χ2v) is 4.83. The standard InChI is InChI=1S/C16H15NO2/c1-17(2)16(12-8-4-3-5-9-12)15(18)13-10-6-7-11-14(13)19-16/h3-11H,1-2H3/t16-/m1/s1. The van der Waals surface area contributed by atoms with Gasteiger partial charge in [0.1, 0.15) is 5.75 Å². The van der Waals surface area contributed by atoms with Crippen LogP contribution in [0.1, 0.15) is 15.9 Å². The number of para-hydroxylation sites is 1. The number of hydrogen-bond acceptors (Lipinski definition) is 3. The molecular weight excluding hydrogens is 238 g/mol. The van der Waals surface area contributed by atoms with Gasteiger partial charge in [-0.1, -0.05) is 42.5 Å². The molecule has 2 aromatic rings. The van der Waals surface area contributed by atoms with Gasteiger partial charge in [0.15, 0.2) is 0 Å². The Labute approximate surface area is 112 Å². The van der Waals surface area contributed by atoms with Crippen LogP contribution in [0.2, 0.25) is 0 Å². The molecule has 0 saturated heterocycles. The van der Waals surface area contributed by atoms with Crippen LogP contribution in [0.5, 0.6) is 5.75 Å². The van der Waals surface area contributed by atoms with E-state index in [2.05, 4.69) is 0 Å². The van der Waals surface area contributed by atoms with Crippen LogP contribution in [0.15, 0.2) is 54.6 Å². The summed E-state index contributed by atoms with van der Waals surface area (Å²) in [6, 6.07) is 17.0. The molecule has 1 aliphatic rings. The van der Waals surface area contributed by atoms with E-state index in [1.54, 1.807) is 0 Å². The van der Waals surface area contributed by atoms with Gasteiger partial charge in [-0.05, 0) is 26.2 Å². The number of likely N-dealkylation sites (N-methyl/N-ethyl adjacent to an activating group) is 1. The molecular formula is C16H15NO2. The lowest BCUT2D eigenvalue weighted by atomic mass is 9.94. The van der Waals surface area contributed by atoms with Gasteiger partial charge in [-0.15, -0.1) is 0 Å². The summed E-state index contributed by atoms with van der Waals surface area (Å²) in [6.07, 6.45) is 0. The zero-order valence-electron chi connectivity index (χ0n) is 11.0. The van der Waals surface area contributed by atoms with Crippen LogP contribution in [0.4, 0.5) is 0 Å². The third-order valence-electron chi connectivity index (χ3n) is 3.49. The average molecular weight is 253 g/mol. The number of benzene rings is 2. The minimum absolute atomic E-state index is 0.0145. The molecule has 0 amide bonds.